The molecule has 0 aromatic heterocycles. The van der Waals surface area contributed by atoms with Crippen LogP contribution in [0, 0.1) is 0 Å². The highest BCUT2D eigenvalue weighted by Gasteiger charge is 2.04. The van der Waals surface area contributed by atoms with Crippen molar-refractivity contribution in [3.63, 3.8) is 0 Å². The summed E-state index contributed by atoms with van der Waals surface area (Å²) >= 11 is 0. The van der Waals surface area contributed by atoms with E-state index >= 15 is 0 Å². The summed E-state index contributed by atoms with van der Waals surface area (Å²) < 4.78 is 15.2. The summed E-state index contributed by atoms with van der Waals surface area (Å²) in [6.45, 7) is 2.46. The summed E-state index contributed by atoms with van der Waals surface area (Å²) in [7, 11) is 1.58. The lowest BCUT2D eigenvalue weighted by Gasteiger charge is -2.10. The molecule has 0 aliphatic rings. The van der Waals surface area contributed by atoms with Crippen LogP contribution in [0.25, 0.3) is 0 Å². The van der Waals surface area contributed by atoms with Crippen LogP contribution >= 0.6 is 0 Å². The van der Waals surface area contributed by atoms with Crippen molar-refractivity contribution in [3.8, 4) is 0 Å². The summed E-state index contributed by atoms with van der Waals surface area (Å²) in [4.78, 5) is 11.5. The summed E-state index contributed by atoms with van der Waals surface area (Å²) in [6.07, 6.45) is 4.31. The average Bonchev–Trinajstić information content (AvgIpc) is 2.52. The van der Waals surface area contributed by atoms with Gasteiger partial charge in [-0.3, -0.25) is 4.79 Å². The van der Waals surface area contributed by atoms with Gasteiger partial charge in [0.05, 0.1) is 6.61 Å². The number of ether oxygens (including phenoxy) is 3. The van der Waals surface area contributed by atoms with Gasteiger partial charge in [0.15, 0.2) is 6.29 Å². The molecule has 0 aliphatic heterocycles. The van der Waals surface area contributed by atoms with Crippen LogP contribution in [-0.4, -0.2) is 32.6 Å². The van der Waals surface area contributed by atoms with Crippen molar-refractivity contribution in [2.75, 3.05) is 20.3 Å². The number of benzene rings is 1. The molecule has 0 radical (unpaired) electrons. The lowest BCUT2D eigenvalue weighted by molar-refractivity contribution is -0.152. The molecule has 21 heavy (non-hydrogen) atoms. The van der Waals surface area contributed by atoms with Crippen LogP contribution in [0.2, 0.25) is 0 Å². The zero-order valence-corrected chi connectivity index (χ0v) is 13.0. The Bertz CT molecular complexity index is 378. The predicted octanol–water partition coefficient (Wildman–Crippen LogP) is 3.34. The van der Waals surface area contributed by atoms with E-state index in [4.69, 9.17) is 14.2 Å². The second-order valence-electron chi connectivity index (χ2n) is 4.94. The second-order valence-corrected chi connectivity index (χ2v) is 4.94. The maximum absolute atomic E-state index is 11.5. The third-order valence-electron chi connectivity index (χ3n) is 3.22. The second kappa shape index (κ2) is 11.3. The van der Waals surface area contributed by atoms with E-state index in [9.17, 15) is 4.79 Å². The zero-order valence-electron chi connectivity index (χ0n) is 13.0. The lowest BCUT2D eigenvalue weighted by Crippen LogP contribution is -2.16. The van der Waals surface area contributed by atoms with E-state index in [2.05, 4.69) is 24.3 Å². The summed E-state index contributed by atoms with van der Waals surface area (Å²) in [5.74, 6) is -0.150. The lowest BCUT2D eigenvalue weighted by atomic mass is 10.1. The summed E-state index contributed by atoms with van der Waals surface area (Å²) in [6, 6.07) is 10.4. The van der Waals surface area contributed by atoms with E-state index in [1.165, 1.54) is 5.56 Å². The third-order valence-corrected chi connectivity index (χ3v) is 3.22. The van der Waals surface area contributed by atoms with Crippen LogP contribution < -0.4 is 0 Å². The van der Waals surface area contributed by atoms with Gasteiger partial charge in [-0.2, -0.15) is 0 Å². The molecular weight excluding hydrogens is 268 g/mol. The molecule has 1 aromatic carbocycles. The van der Waals surface area contributed by atoms with Crippen molar-refractivity contribution >= 4 is 5.97 Å². The molecule has 0 heterocycles. The number of carbonyl (C=O) groups is 1. The molecule has 0 fully saturated rings. The Hall–Kier alpha value is -1.39. The van der Waals surface area contributed by atoms with Crippen molar-refractivity contribution in [1.82, 2.24) is 0 Å². The first-order valence-corrected chi connectivity index (χ1v) is 7.56. The largest absolute Gasteiger partial charge is 0.463 e. The molecule has 0 amide bonds. The number of hydrogen-bond donors (Lipinski definition) is 0. The monoisotopic (exact) mass is 294 g/mol. The zero-order chi connectivity index (χ0) is 15.3. The van der Waals surface area contributed by atoms with Gasteiger partial charge in [0, 0.05) is 13.5 Å². The molecule has 0 saturated carbocycles. The van der Waals surface area contributed by atoms with Crippen LogP contribution in [-0.2, 0) is 25.4 Å². The Balaban J connectivity index is 1.94. The maximum Gasteiger partial charge on any atom is 0.305 e. The van der Waals surface area contributed by atoms with Crippen LogP contribution in [0.5, 0.6) is 0 Å². The number of esters is 1. The Kier molecular flexibility index (Phi) is 9.49. The van der Waals surface area contributed by atoms with E-state index in [0.29, 0.717) is 13.0 Å². The fraction of sp³-hybridized carbons (Fsp3) is 0.588. The van der Waals surface area contributed by atoms with E-state index in [1.807, 2.05) is 6.07 Å². The first kappa shape index (κ1) is 17.7. The molecular formula is C17H26O4. The van der Waals surface area contributed by atoms with Gasteiger partial charge in [-0.15, -0.1) is 0 Å². The fourth-order valence-corrected chi connectivity index (χ4v) is 1.93. The Morgan fingerprint density at radius 3 is 2.57 bits per heavy atom. The summed E-state index contributed by atoms with van der Waals surface area (Å²) in [5.41, 5.74) is 1.35. The van der Waals surface area contributed by atoms with Crippen LogP contribution in [0.4, 0.5) is 0 Å². The van der Waals surface area contributed by atoms with Gasteiger partial charge in [-0.1, -0.05) is 36.8 Å². The minimum Gasteiger partial charge on any atom is -0.463 e. The van der Waals surface area contributed by atoms with E-state index in [-0.39, 0.29) is 18.9 Å². The Morgan fingerprint density at radius 1 is 1.10 bits per heavy atom. The highest BCUT2D eigenvalue weighted by atomic mass is 16.7. The van der Waals surface area contributed by atoms with Crippen LogP contribution in [0.3, 0.4) is 0 Å². The number of hydrogen-bond acceptors (Lipinski definition) is 4. The summed E-state index contributed by atoms with van der Waals surface area (Å²) in [5, 5.41) is 0. The van der Waals surface area contributed by atoms with Gasteiger partial charge in [0.2, 0.25) is 0 Å². The van der Waals surface area contributed by atoms with E-state index in [1.54, 1.807) is 14.0 Å². The van der Waals surface area contributed by atoms with Gasteiger partial charge in [-0.25, -0.2) is 0 Å². The number of unbranched alkanes of at least 4 members (excludes halogenated alkanes) is 2. The SMILES string of the molecule is COC(C)OCCOC(=O)CCCCCc1ccccc1. The molecule has 118 valence electrons. The van der Waals surface area contributed by atoms with Crippen molar-refractivity contribution in [2.45, 2.75) is 45.3 Å². The molecule has 1 atom stereocenters. The molecule has 0 saturated heterocycles. The molecule has 1 aromatic rings. The molecule has 4 nitrogen and oxygen atoms in total. The van der Waals surface area contributed by atoms with Gasteiger partial charge in [0.25, 0.3) is 0 Å². The van der Waals surface area contributed by atoms with Gasteiger partial charge >= 0.3 is 5.97 Å². The van der Waals surface area contributed by atoms with E-state index < -0.39 is 0 Å². The molecule has 0 spiro atoms. The Morgan fingerprint density at radius 2 is 1.86 bits per heavy atom. The maximum atomic E-state index is 11.5. The van der Waals surface area contributed by atoms with Gasteiger partial charge in [0.1, 0.15) is 6.61 Å². The minimum absolute atomic E-state index is 0.150. The molecule has 4 heteroatoms. The molecule has 0 bridgehead atoms. The van der Waals surface area contributed by atoms with Crippen LogP contribution in [0.15, 0.2) is 30.3 Å². The number of methoxy groups -OCH3 is 1. The molecule has 1 unspecified atom stereocenters. The third kappa shape index (κ3) is 9.21. The van der Waals surface area contributed by atoms with Crippen molar-refractivity contribution in [3.05, 3.63) is 35.9 Å². The normalized spacial score (nSPS) is 12.1. The number of rotatable bonds is 11. The standard InChI is InChI=1S/C17H26O4/c1-15(19-2)20-13-14-21-17(18)12-8-4-7-11-16-9-5-3-6-10-16/h3,5-6,9-10,15H,4,7-8,11-14H2,1-2H3. The first-order chi connectivity index (χ1) is 10.2. The predicted molar refractivity (Wildman–Crippen MR) is 82.0 cm³/mol. The van der Waals surface area contributed by atoms with Crippen molar-refractivity contribution in [2.24, 2.45) is 0 Å². The molecule has 1 rings (SSSR count). The highest BCUT2D eigenvalue weighted by molar-refractivity contribution is 5.69. The van der Waals surface area contributed by atoms with Crippen molar-refractivity contribution < 1.29 is 19.0 Å². The number of carbonyl (C=O) groups excluding carboxylic acids is 1. The highest BCUT2D eigenvalue weighted by Crippen LogP contribution is 2.08. The minimum atomic E-state index is -0.262. The first-order valence-electron chi connectivity index (χ1n) is 7.56. The Labute approximate surface area is 127 Å². The quantitative estimate of drug-likeness (QED) is 0.357. The molecule has 0 aliphatic carbocycles. The topological polar surface area (TPSA) is 44.8 Å². The van der Waals surface area contributed by atoms with E-state index in [0.717, 1.165) is 25.7 Å². The van der Waals surface area contributed by atoms with Gasteiger partial charge in [-0.05, 0) is 31.7 Å². The van der Waals surface area contributed by atoms with Gasteiger partial charge < -0.3 is 14.2 Å². The fourth-order valence-electron chi connectivity index (χ4n) is 1.93. The van der Waals surface area contributed by atoms with Crippen LogP contribution in [0.1, 0.15) is 38.2 Å². The number of aryl methyl sites for hydroxylation is 1. The average molecular weight is 294 g/mol. The van der Waals surface area contributed by atoms with Crippen molar-refractivity contribution in [1.29, 1.82) is 0 Å². The molecule has 0 N–H and O–H groups in total. The smallest absolute Gasteiger partial charge is 0.305 e.